The zero-order valence-electron chi connectivity index (χ0n) is 33.6. The molecule has 0 unspecified atom stereocenters. The van der Waals surface area contributed by atoms with Gasteiger partial charge in [0.05, 0.1) is 6.20 Å². The van der Waals surface area contributed by atoms with Gasteiger partial charge in [0.2, 0.25) is 11.8 Å². The highest BCUT2D eigenvalue weighted by atomic mass is 16.5. The third kappa shape index (κ3) is 16.0. The number of hydroxylamine groups is 2. The monoisotopic (exact) mass is 782 g/mol. The van der Waals surface area contributed by atoms with E-state index in [1.54, 1.807) is 46.6 Å². The van der Waals surface area contributed by atoms with Gasteiger partial charge in [-0.3, -0.25) is 34.6 Å². The second-order valence-corrected chi connectivity index (χ2v) is 13.7. The molecule has 0 aliphatic rings. The lowest BCUT2D eigenvalue weighted by Gasteiger charge is -2.21. The molecule has 4 aromatic rings. The Morgan fingerprint density at radius 2 is 1.28 bits per heavy atom. The molecule has 0 saturated carbocycles. The molecule has 0 spiro atoms. The average Bonchev–Trinajstić information content (AvgIpc) is 3.23. The van der Waals surface area contributed by atoms with Gasteiger partial charge < -0.3 is 20.4 Å². The lowest BCUT2D eigenvalue weighted by Crippen LogP contribution is -2.27. The van der Waals surface area contributed by atoms with Gasteiger partial charge in [-0.25, -0.2) is 15.9 Å². The van der Waals surface area contributed by atoms with Crippen molar-refractivity contribution in [3.63, 3.8) is 0 Å². The Morgan fingerprint density at radius 3 is 1.84 bits per heavy atom. The summed E-state index contributed by atoms with van der Waals surface area (Å²) in [5.74, 6) is -0.0544. The van der Waals surface area contributed by atoms with Crippen LogP contribution in [0.1, 0.15) is 103 Å². The fourth-order valence-electron chi connectivity index (χ4n) is 6.04. The van der Waals surface area contributed by atoms with Gasteiger partial charge in [-0.2, -0.15) is 0 Å². The summed E-state index contributed by atoms with van der Waals surface area (Å²) in [5.41, 5.74) is 9.89. The molecule has 306 valence electrons. The van der Waals surface area contributed by atoms with Crippen molar-refractivity contribution in [2.75, 3.05) is 36.9 Å². The lowest BCUT2D eigenvalue weighted by molar-refractivity contribution is -0.130. The number of carbonyl (C=O) groups is 4. The number of aryl methyl sites for hydroxylation is 2. The second kappa shape index (κ2) is 25.3. The van der Waals surface area contributed by atoms with Gasteiger partial charge in [0.25, 0.3) is 11.8 Å². The Labute approximate surface area is 336 Å². The summed E-state index contributed by atoms with van der Waals surface area (Å²) in [5, 5.41) is 23.2. The van der Waals surface area contributed by atoms with Crippen LogP contribution >= 0.6 is 0 Å². The van der Waals surface area contributed by atoms with E-state index in [1.165, 1.54) is 11.1 Å². The molecule has 57 heavy (non-hydrogen) atoms. The van der Waals surface area contributed by atoms with Gasteiger partial charge >= 0.3 is 0 Å². The number of para-hydroxylation sites is 1. The number of rotatable bonds is 21. The standard InChI is InChI=1S/C23H31N3O3.C20H27N5O3/c1-17-9-8-10-18(2)22(17)24-20-14-12-19(13-15-20)23(28)26(3)16-7-5-4-6-11-21(27)25-29;1-2-25(18-15-21-13-14-22-18)17-10-8-16(9-11-17)20(27)23-12-6-4-3-5-7-19(26)24-28/h8-10,12-15,24,29H,4-7,11,16H2,1-3H3,(H,25,27);8-11,13-15,28H,2-7,12H2,1H3,(H,23,27)(H,24,26). The van der Waals surface area contributed by atoms with Crippen LogP contribution in [-0.2, 0) is 9.59 Å². The topological polar surface area (TPSA) is 189 Å². The van der Waals surface area contributed by atoms with Crippen molar-refractivity contribution in [3.05, 3.63) is 108 Å². The van der Waals surface area contributed by atoms with Crippen molar-refractivity contribution in [2.24, 2.45) is 0 Å². The molecular weight excluding hydrogens is 725 g/mol. The first-order valence-electron chi connectivity index (χ1n) is 19.5. The van der Waals surface area contributed by atoms with Gasteiger partial charge in [-0.15, -0.1) is 0 Å². The summed E-state index contributed by atoms with van der Waals surface area (Å²) in [7, 11) is 1.81. The summed E-state index contributed by atoms with van der Waals surface area (Å²) in [6, 6.07) is 21.2. The SMILES string of the molecule is CCN(c1ccc(C(=O)NCCCCCCC(=O)NO)cc1)c1cnccn1.Cc1cccc(C)c1Nc1ccc(C(=O)N(C)CCCCCCC(=O)NO)cc1. The predicted molar refractivity (Wildman–Crippen MR) is 222 cm³/mol. The minimum Gasteiger partial charge on any atom is -0.355 e. The number of benzene rings is 3. The van der Waals surface area contributed by atoms with Gasteiger partial charge in [-0.1, -0.05) is 43.9 Å². The summed E-state index contributed by atoms with van der Waals surface area (Å²) < 4.78 is 0. The summed E-state index contributed by atoms with van der Waals surface area (Å²) in [6.07, 6.45) is 12.5. The van der Waals surface area contributed by atoms with Crippen LogP contribution in [-0.4, -0.2) is 75.6 Å². The molecule has 4 rings (SSSR count). The first-order valence-corrected chi connectivity index (χ1v) is 19.5. The van der Waals surface area contributed by atoms with E-state index in [-0.39, 0.29) is 23.6 Å². The first kappa shape index (κ1) is 45.5. The maximum absolute atomic E-state index is 12.6. The number of hydrogen-bond acceptors (Lipinski definition) is 10. The van der Waals surface area contributed by atoms with Crippen LogP contribution in [0.2, 0.25) is 0 Å². The molecule has 0 aliphatic heterocycles. The third-order valence-corrected chi connectivity index (χ3v) is 9.33. The fraction of sp³-hybridized carbons (Fsp3) is 0.395. The molecule has 0 aliphatic carbocycles. The lowest BCUT2D eigenvalue weighted by atomic mass is 10.1. The summed E-state index contributed by atoms with van der Waals surface area (Å²) in [4.78, 5) is 58.8. The average molecular weight is 783 g/mol. The van der Waals surface area contributed by atoms with Crippen LogP contribution in [0.25, 0.3) is 0 Å². The van der Waals surface area contributed by atoms with E-state index in [1.807, 2.05) is 61.3 Å². The third-order valence-electron chi connectivity index (χ3n) is 9.33. The molecule has 14 heteroatoms. The van der Waals surface area contributed by atoms with Crippen molar-refractivity contribution in [2.45, 2.75) is 85.0 Å². The van der Waals surface area contributed by atoms with E-state index in [4.69, 9.17) is 10.4 Å². The molecule has 1 heterocycles. The number of nitrogens with zero attached hydrogens (tertiary/aromatic N) is 4. The minimum absolute atomic E-state index is 0.00304. The number of aromatic nitrogens is 2. The van der Waals surface area contributed by atoms with Crippen molar-refractivity contribution < 1.29 is 29.6 Å². The molecule has 4 amide bonds. The Balaban J connectivity index is 0.000000306. The number of anilines is 4. The zero-order chi connectivity index (χ0) is 41.4. The van der Waals surface area contributed by atoms with E-state index in [0.717, 1.165) is 80.8 Å². The largest absolute Gasteiger partial charge is 0.355 e. The van der Waals surface area contributed by atoms with Crippen molar-refractivity contribution >= 4 is 46.5 Å². The highest BCUT2D eigenvalue weighted by molar-refractivity contribution is 5.95. The maximum atomic E-state index is 12.6. The van der Waals surface area contributed by atoms with Gasteiger partial charge in [0.1, 0.15) is 0 Å². The first-order chi connectivity index (χ1) is 27.6. The van der Waals surface area contributed by atoms with Crippen LogP contribution in [0, 0.1) is 13.8 Å². The Morgan fingerprint density at radius 1 is 0.702 bits per heavy atom. The van der Waals surface area contributed by atoms with Gasteiger partial charge in [0, 0.05) is 80.1 Å². The number of amides is 4. The van der Waals surface area contributed by atoms with Crippen molar-refractivity contribution in [1.29, 1.82) is 0 Å². The Bertz CT molecular complexity index is 1800. The van der Waals surface area contributed by atoms with E-state index in [2.05, 4.69) is 46.6 Å². The summed E-state index contributed by atoms with van der Waals surface area (Å²) >= 11 is 0. The van der Waals surface area contributed by atoms with Crippen molar-refractivity contribution in [1.82, 2.24) is 31.1 Å². The highest BCUT2D eigenvalue weighted by Crippen LogP contribution is 2.25. The molecule has 1 aromatic heterocycles. The molecule has 0 saturated heterocycles. The fourth-order valence-corrected chi connectivity index (χ4v) is 6.04. The van der Waals surface area contributed by atoms with Gasteiger partial charge in [0.15, 0.2) is 5.82 Å². The molecule has 3 aromatic carbocycles. The van der Waals surface area contributed by atoms with Crippen LogP contribution in [0.3, 0.4) is 0 Å². The van der Waals surface area contributed by atoms with Crippen LogP contribution in [0.5, 0.6) is 0 Å². The molecule has 0 atom stereocenters. The Hall–Kier alpha value is -5.86. The quantitative estimate of drug-likeness (QED) is 0.0282. The number of hydrogen-bond donors (Lipinski definition) is 6. The molecule has 14 nitrogen and oxygen atoms in total. The highest BCUT2D eigenvalue weighted by Gasteiger charge is 2.13. The number of carbonyl (C=O) groups excluding carboxylic acids is 4. The predicted octanol–water partition coefficient (Wildman–Crippen LogP) is 7.40. The van der Waals surface area contributed by atoms with Crippen LogP contribution in [0.15, 0.2) is 85.3 Å². The molecule has 0 fully saturated rings. The smallest absolute Gasteiger partial charge is 0.253 e. The van der Waals surface area contributed by atoms with E-state index in [0.29, 0.717) is 37.1 Å². The normalized spacial score (nSPS) is 10.4. The molecule has 0 radical (unpaired) electrons. The van der Waals surface area contributed by atoms with E-state index >= 15 is 0 Å². The van der Waals surface area contributed by atoms with E-state index < -0.39 is 0 Å². The van der Waals surface area contributed by atoms with E-state index in [9.17, 15) is 19.2 Å². The maximum Gasteiger partial charge on any atom is 0.253 e. The zero-order valence-corrected chi connectivity index (χ0v) is 33.6. The van der Waals surface area contributed by atoms with Gasteiger partial charge in [-0.05, 0) is 106 Å². The summed E-state index contributed by atoms with van der Waals surface area (Å²) in [6.45, 7) is 8.18. The molecule has 6 N–H and O–H groups in total. The van der Waals surface area contributed by atoms with Crippen LogP contribution in [0.4, 0.5) is 22.9 Å². The number of unbranched alkanes of at least 4 members (excludes halogenated alkanes) is 6. The molecular formula is C43H58N8O6. The van der Waals surface area contributed by atoms with Crippen molar-refractivity contribution in [3.8, 4) is 0 Å². The second-order valence-electron chi connectivity index (χ2n) is 13.7. The number of nitrogens with one attached hydrogen (secondary N) is 4. The van der Waals surface area contributed by atoms with Crippen LogP contribution < -0.4 is 26.5 Å². The Kier molecular flexibility index (Phi) is 20.2. The molecule has 0 bridgehead atoms. The minimum atomic E-state index is -0.363.